The highest BCUT2D eigenvalue weighted by atomic mass is 32.2. The Balaban J connectivity index is 1.92. The highest BCUT2D eigenvalue weighted by molar-refractivity contribution is 7.91. The molecule has 0 aliphatic carbocycles. The standard InChI is InChI=1S/C13H22N4O2S2/c1-10(2)16-13(14)15-8-11-5-6-17(9-11)21(18,19)12-4-3-7-20-12/h3-4,7,10-11H,5-6,8-9H2,1-2H3,(H3,14,15,16). The fraction of sp³-hybridized carbons (Fsp3) is 0.615. The topological polar surface area (TPSA) is 87.8 Å². The van der Waals surface area contributed by atoms with Gasteiger partial charge in [-0.3, -0.25) is 4.99 Å². The van der Waals surface area contributed by atoms with Crippen LogP contribution in [0.3, 0.4) is 0 Å². The number of hydrogen-bond donors (Lipinski definition) is 2. The van der Waals surface area contributed by atoms with Crippen molar-refractivity contribution in [2.24, 2.45) is 16.6 Å². The lowest BCUT2D eigenvalue weighted by Crippen LogP contribution is -2.37. The van der Waals surface area contributed by atoms with Gasteiger partial charge in [-0.25, -0.2) is 8.42 Å². The van der Waals surface area contributed by atoms with Crippen LogP contribution in [-0.2, 0) is 10.0 Å². The molecule has 8 heteroatoms. The van der Waals surface area contributed by atoms with E-state index in [9.17, 15) is 8.42 Å². The minimum atomic E-state index is -3.33. The van der Waals surface area contributed by atoms with Crippen LogP contribution in [0.15, 0.2) is 26.7 Å². The maximum atomic E-state index is 12.4. The van der Waals surface area contributed by atoms with Gasteiger partial charge in [0.15, 0.2) is 5.96 Å². The van der Waals surface area contributed by atoms with Gasteiger partial charge in [0.05, 0.1) is 0 Å². The molecule has 0 radical (unpaired) electrons. The summed E-state index contributed by atoms with van der Waals surface area (Å²) in [7, 11) is -3.33. The molecule has 118 valence electrons. The van der Waals surface area contributed by atoms with Gasteiger partial charge < -0.3 is 11.1 Å². The lowest BCUT2D eigenvalue weighted by atomic mass is 10.1. The van der Waals surface area contributed by atoms with Crippen LogP contribution in [0, 0.1) is 5.92 Å². The number of nitrogens with zero attached hydrogens (tertiary/aromatic N) is 2. The molecule has 0 bridgehead atoms. The lowest BCUT2D eigenvalue weighted by molar-refractivity contribution is 0.460. The first kappa shape index (κ1) is 16.3. The highest BCUT2D eigenvalue weighted by Gasteiger charge is 2.32. The predicted octanol–water partition coefficient (Wildman–Crippen LogP) is 1.07. The van der Waals surface area contributed by atoms with E-state index in [2.05, 4.69) is 10.3 Å². The Labute approximate surface area is 130 Å². The van der Waals surface area contributed by atoms with Crippen molar-refractivity contribution in [3.05, 3.63) is 17.5 Å². The number of thiophene rings is 1. The predicted molar refractivity (Wildman–Crippen MR) is 85.9 cm³/mol. The van der Waals surface area contributed by atoms with Gasteiger partial charge in [-0.15, -0.1) is 11.3 Å². The molecule has 1 aliphatic rings. The smallest absolute Gasteiger partial charge is 0.252 e. The molecule has 3 N–H and O–H groups in total. The van der Waals surface area contributed by atoms with Crippen LogP contribution in [0.4, 0.5) is 0 Å². The molecule has 0 spiro atoms. The van der Waals surface area contributed by atoms with E-state index in [1.807, 2.05) is 13.8 Å². The van der Waals surface area contributed by atoms with Gasteiger partial charge in [0.2, 0.25) is 0 Å². The maximum Gasteiger partial charge on any atom is 0.252 e. The quantitative estimate of drug-likeness (QED) is 0.624. The van der Waals surface area contributed by atoms with Crippen LogP contribution < -0.4 is 11.1 Å². The van der Waals surface area contributed by atoms with Gasteiger partial charge >= 0.3 is 0 Å². The van der Waals surface area contributed by atoms with E-state index in [1.165, 1.54) is 11.3 Å². The Kier molecular flexibility index (Phi) is 5.23. The number of rotatable bonds is 5. The molecule has 0 aromatic carbocycles. The van der Waals surface area contributed by atoms with Gasteiger partial charge in [-0.05, 0) is 37.6 Å². The molecule has 21 heavy (non-hydrogen) atoms. The molecule has 2 heterocycles. The second kappa shape index (κ2) is 6.76. The average molecular weight is 330 g/mol. The summed E-state index contributed by atoms with van der Waals surface area (Å²) in [6, 6.07) is 3.65. The monoisotopic (exact) mass is 330 g/mol. The minimum Gasteiger partial charge on any atom is -0.370 e. The maximum absolute atomic E-state index is 12.4. The van der Waals surface area contributed by atoms with Crippen molar-refractivity contribution in [3.8, 4) is 0 Å². The molecule has 0 amide bonds. The third-order valence-electron chi connectivity index (χ3n) is 3.29. The average Bonchev–Trinajstić information content (AvgIpc) is 3.07. The van der Waals surface area contributed by atoms with E-state index in [0.717, 1.165) is 6.42 Å². The molecule has 1 fully saturated rings. The summed E-state index contributed by atoms with van der Waals surface area (Å²) >= 11 is 1.26. The molecular formula is C13H22N4O2S2. The summed E-state index contributed by atoms with van der Waals surface area (Å²) in [6.45, 7) is 5.61. The van der Waals surface area contributed by atoms with Crippen molar-refractivity contribution in [2.45, 2.75) is 30.5 Å². The number of hydrogen-bond acceptors (Lipinski definition) is 4. The van der Waals surface area contributed by atoms with Crippen LogP contribution in [0.2, 0.25) is 0 Å². The number of sulfonamides is 1. The third-order valence-corrected chi connectivity index (χ3v) is 6.53. The van der Waals surface area contributed by atoms with Crippen LogP contribution in [0.25, 0.3) is 0 Å². The van der Waals surface area contributed by atoms with Crippen LogP contribution >= 0.6 is 11.3 Å². The molecular weight excluding hydrogens is 308 g/mol. The van der Waals surface area contributed by atoms with E-state index in [4.69, 9.17) is 5.73 Å². The first-order chi connectivity index (χ1) is 9.89. The summed E-state index contributed by atoms with van der Waals surface area (Å²) in [5, 5.41) is 4.81. The summed E-state index contributed by atoms with van der Waals surface area (Å²) in [6.07, 6.45) is 0.822. The summed E-state index contributed by atoms with van der Waals surface area (Å²) in [4.78, 5) is 4.29. The van der Waals surface area contributed by atoms with Gasteiger partial charge in [0.25, 0.3) is 10.0 Å². The summed E-state index contributed by atoms with van der Waals surface area (Å²) in [5.74, 6) is 0.650. The van der Waals surface area contributed by atoms with E-state index in [-0.39, 0.29) is 12.0 Å². The second-order valence-electron chi connectivity index (χ2n) is 5.47. The van der Waals surface area contributed by atoms with Crippen molar-refractivity contribution >= 4 is 27.3 Å². The zero-order chi connectivity index (χ0) is 15.5. The van der Waals surface area contributed by atoms with Crippen molar-refractivity contribution in [3.63, 3.8) is 0 Å². The molecule has 1 unspecified atom stereocenters. The van der Waals surface area contributed by atoms with Gasteiger partial charge in [0.1, 0.15) is 4.21 Å². The van der Waals surface area contributed by atoms with E-state index in [1.54, 1.807) is 21.8 Å². The van der Waals surface area contributed by atoms with E-state index < -0.39 is 10.0 Å². The minimum absolute atomic E-state index is 0.229. The first-order valence-corrected chi connectivity index (χ1v) is 9.31. The van der Waals surface area contributed by atoms with E-state index >= 15 is 0 Å². The molecule has 2 rings (SSSR count). The van der Waals surface area contributed by atoms with Crippen molar-refractivity contribution in [1.82, 2.24) is 9.62 Å². The summed E-state index contributed by atoms with van der Waals surface area (Å²) < 4.78 is 26.7. The molecule has 1 aromatic rings. The molecule has 1 saturated heterocycles. The summed E-state index contributed by atoms with van der Waals surface area (Å²) in [5.41, 5.74) is 5.76. The molecule has 1 atom stereocenters. The fourth-order valence-corrected chi connectivity index (χ4v) is 4.95. The van der Waals surface area contributed by atoms with Gasteiger partial charge in [-0.2, -0.15) is 4.31 Å². The second-order valence-corrected chi connectivity index (χ2v) is 8.59. The zero-order valence-corrected chi connectivity index (χ0v) is 14.0. The normalized spacial score (nSPS) is 21.1. The van der Waals surface area contributed by atoms with Crippen LogP contribution in [0.5, 0.6) is 0 Å². The fourth-order valence-electron chi connectivity index (χ4n) is 2.27. The molecule has 0 saturated carbocycles. The zero-order valence-electron chi connectivity index (χ0n) is 12.3. The Morgan fingerprint density at radius 1 is 1.62 bits per heavy atom. The van der Waals surface area contributed by atoms with Crippen molar-refractivity contribution < 1.29 is 8.42 Å². The molecule has 1 aliphatic heterocycles. The Morgan fingerprint density at radius 3 is 3.00 bits per heavy atom. The largest absolute Gasteiger partial charge is 0.370 e. The van der Waals surface area contributed by atoms with Gasteiger partial charge in [0, 0.05) is 25.7 Å². The van der Waals surface area contributed by atoms with Crippen molar-refractivity contribution in [1.29, 1.82) is 0 Å². The number of guanidine groups is 1. The number of nitrogens with two attached hydrogens (primary N) is 1. The van der Waals surface area contributed by atoms with Crippen molar-refractivity contribution in [2.75, 3.05) is 19.6 Å². The molecule has 6 nitrogen and oxygen atoms in total. The number of nitrogens with one attached hydrogen (secondary N) is 1. The first-order valence-electron chi connectivity index (χ1n) is 6.99. The Bertz CT molecular complexity index is 581. The Morgan fingerprint density at radius 2 is 2.38 bits per heavy atom. The van der Waals surface area contributed by atoms with Gasteiger partial charge in [-0.1, -0.05) is 6.07 Å². The lowest BCUT2D eigenvalue weighted by Gasteiger charge is -2.15. The van der Waals surface area contributed by atoms with Crippen LogP contribution in [0.1, 0.15) is 20.3 Å². The molecule has 1 aromatic heterocycles. The number of aliphatic imine (C=N–C) groups is 1. The third kappa shape index (κ3) is 4.18. The highest BCUT2D eigenvalue weighted by Crippen LogP contribution is 2.26. The van der Waals surface area contributed by atoms with Crippen LogP contribution in [-0.4, -0.2) is 44.4 Å². The SMILES string of the molecule is CC(C)NC(N)=NCC1CCN(S(=O)(=O)c2cccs2)C1. The van der Waals surface area contributed by atoms with E-state index in [0.29, 0.717) is 29.8 Å². The Hall–Kier alpha value is -1.12.